The molecule has 3 nitrogen and oxygen atoms in total. The van der Waals surface area contributed by atoms with Crippen LogP contribution >= 0.6 is 0 Å². The summed E-state index contributed by atoms with van der Waals surface area (Å²) in [6.45, 7) is 11.4. The van der Waals surface area contributed by atoms with Crippen LogP contribution in [0.5, 0.6) is 0 Å². The zero-order valence-electron chi connectivity index (χ0n) is 12.9. The average molecular weight is 266 g/mol. The van der Waals surface area contributed by atoms with E-state index in [1.807, 2.05) is 6.26 Å². The normalized spacial score (nSPS) is 23.6. The molecule has 2 heterocycles. The van der Waals surface area contributed by atoms with Crippen molar-refractivity contribution in [3.8, 4) is 0 Å². The monoisotopic (exact) mass is 266 g/mol. The lowest BCUT2D eigenvalue weighted by molar-refractivity contribution is 0.0676. The van der Waals surface area contributed by atoms with Gasteiger partial charge in [0.1, 0.15) is 0 Å². The maximum Gasteiger partial charge on any atom is 0.0876 e. The summed E-state index contributed by atoms with van der Waals surface area (Å²) < 4.78 is 5.57. The number of hydrogen-bond acceptors (Lipinski definition) is 3. The third-order valence-corrected chi connectivity index (χ3v) is 4.62. The van der Waals surface area contributed by atoms with E-state index in [1.54, 1.807) is 0 Å². The molecular weight excluding hydrogens is 236 g/mol. The Bertz CT molecular complexity index is 306. The Labute approximate surface area is 118 Å². The Morgan fingerprint density at radius 1 is 1.26 bits per heavy atom. The molecule has 0 aromatic rings. The van der Waals surface area contributed by atoms with Crippen molar-refractivity contribution in [1.82, 2.24) is 10.2 Å². The van der Waals surface area contributed by atoms with Crippen molar-refractivity contribution in [2.75, 3.05) is 26.2 Å². The number of ether oxygens (including phenoxy) is 1. The number of nitrogens with one attached hydrogen (secondary N) is 1. The molecule has 3 heteroatoms. The molecule has 1 unspecified atom stereocenters. The predicted molar refractivity (Wildman–Crippen MR) is 80.2 cm³/mol. The highest BCUT2D eigenvalue weighted by molar-refractivity contribution is 5.17. The van der Waals surface area contributed by atoms with E-state index in [0.717, 1.165) is 19.6 Å². The van der Waals surface area contributed by atoms with Gasteiger partial charge < -0.3 is 10.1 Å². The van der Waals surface area contributed by atoms with E-state index >= 15 is 0 Å². The van der Waals surface area contributed by atoms with Gasteiger partial charge in [0.15, 0.2) is 0 Å². The van der Waals surface area contributed by atoms with Crippen molar-refractivity contribution in [2.24, 2.45) is 0 Å². The molecule has 0 aromatic heterocycles. The molecule has 1 saturated heterocycles. The highest BCUT2D eigenvalue weighted by Gasteiger charge is 2.37. The fourth-order valence-corrected chi connectivity index (χ4v) is 3.49. The molecule has 0 amide bonds. The predicted octanol–water partition coefficient (Wildman–Crippen LogP) is 2.92. The Kier molecular flexibility index (Phi) is 5.28. The molecule has 1 N–H and O–H groups in total. The van der Waals surface area contributed by atoms with Gasteiger partial charge in [-0.1, -0.05) is 13.3 Å². The van der Waals surface area contributed by atoms with Crippen LogP contribution in [0.25, 0.3) is 0 Å². The summed E-state index contributed by atoms with van der Waals surface area (Å²) in [5.74, 6) is 0. The van der Waals surface area contributed by atoms with Gasteiger partial charge >= 0.3 is 0 Å². The average Bonchev–Trinajstić information content (AvgIpc) is 2.46. The van der Waals surface area contributed by atoms with Crippen LogP contribution in [-0.4, -0.2) is 42.7 Å². The van der Waals surface area contributed by atoms with Crippen LogP contribution in [0.2, 0.25) is 0 Å². The Morgan fingerprint density at radius 2 is 2.00 bits per heavy atom. The molecular formula is C16H30N2O. The van der Waals surface area contributed by atoms with E-state index in [2.05, 4.69) is 31.0 Å². The van der Waals surface area contributed by atoms with Crippen molar-refractivity contribution in [3.63, 3.8) is 0 Å². The van der Waals surface area contributed by atoms with E-state index in [9.17, 15) is 0 Å². The van der Waals surface area contributed by atoms with Gasteiger partial charge in [-0.25, -0.2) is 0 Å². The molecule has 0 saturated carbocycles. The summed E-state index contributed by atoms with van der Waals surface area (Å²) in [5, 5.41) is 3.70. The summed E-state index contributed by atoms with van der Waals surface area (Å²) in [7, 11) is 0. The summed E-state index contributed by atoms with van der Waals surface area (Å²) in [4.78, 5) is 2.67. The Hall–Kier alpha value is -0.540. The maximum atomic E-state index is 5.57. The lowest BCUT2D eigenvalue weighted by atomic mass is 9.83. The van der Waals surface area contributed by atoms with Crippen molar-refractivity contribution >= 4 is 0 Å². The molecule has 2 aliphatic rings. The highest BCUT2D eigenvalue weighted by atomic mass is 16.5. The van der Waals surface area contributed by atoms with E-state index < -0.39 is 0 Å². The molecule has 0 spiro atoms. The van der Waals surface area contributed by atoms with E-state index in [-0.39, 0.29) is 5.54 Å². The number of likely N-dealkylation sites (tertiary alicyclic amines) is 1. The number of piperidine rings is 1. The topological polar surface area (TPSA) is 24.5 Å². The fraction of sp³-hybridized carbons (Fsp3) is 0.875. The molecule has 0 aliphatic carbocycles. The lowest BCUT2D eigenvalue weighted by Gasteiger charge is -2.47. The zero-order valence-corrected chi connectivity index (χ0v) is 12.9. The van der Waals surface area contributed by atoms with Gasteiger partial charge in [-0.05, 0) is 64.7 Å². The highest BCUT2D eigenvalue weighted by Crippen LogP contribution is 2.30. The van der Waals surface area contributed by atoms with Crippen molar-refractivity contribution in [2.45, 2.75) is 64.5 Å². The van der Waals surface area contributed by atoms with Crippen LogP contribution in [0.1, 0.15) is 52.9 Å². The smallest absolute Gasteiger partial charge is 0.0876 e. The summed E-state index contributed by atoms with van der Waals surface area (Å²) >= 11 is 0. The van der Waals surface area contributed by atoms with Crippen LogP contribution in [0.15, 0.2) is 11.8 Å². The summed E-state index contributed by atoms with van der Waals surface area (Å²) in [6, 6.07) is 0.413. The summed E-state index contributed by atoms with van der Waals surface area (Å²) in [5.41, 5.74) is 1.62. The molecule has 0 bridgehead atoms. The largest absolute Gasteiger partial charge is 0.501 e. The first-order valence-corrected chi connectivity index (χ1v) is 7.95. The standard InChI is InChI=1S/C16H30N2O/c1-4-17-15(14-9-8-12-19-13-14)16(2,3)18-10-6-5-7-11-18/h13,15,17H,4-12H2,1-3H3. The van der Waals surface area contributed by atoms with Crippen LogP contribution in [0.4, 0.5) is 0 Å². The van der Waals surface area contributed by atoms with Gasteiger partial charge in [0, 0.05) is 11.6 Å². The minimum absolute atomic E-state index is 0.170. The zero-order chi connectivity index (χ0) is 13.7. The Morgan fingerprint density at radius 3 is 2.58 bits per heavy atom. The fourth-order valence-electron chi connectivity index (χ4n) is 3.49. The molecule has 1 fully saturated rings. The van der Waals surface area contributed by atoms with E-state index in [1.165, 1.54) is 44.3 Å². The van der Waals surface area contributed by atoms with E-state index in [0.29, 0.717) is 6.04 Å². The molecule has 2 rings (SSSR count). The molecule has 0 radical (unpaired) electrons. The minimum Gasteiger partial charge on any atom is -0.501 e. The number of nitrogens with zero attached hydrogens (tertiary/aromatic N) is 1. The van der Waals surface area contributed by atoms with Gasteiger partial charge in [-0.2, -0.15) is 0 Å². The first kappa shape index (κ1) is 14.9. The summed E-state index contributed by atoms with van der Waals surface area (Å²) in [6.07, 6.45) is 8.43. The Balaban J connectivity index is 2.13. The van der Waals surface area contributed by atoms with Crippen molar-refractivity contribution in [1.29, 1.82) is 0 Å². The third-order valence-electron chi connectivity index (χ3n) is 4.62. The van der Waals surface area contributed by atoms with Gasteiger partial charge in [0.25, 0.3) is 0 Å². The van der Waals surface area contributed by atoms with E-state index in [4.69, 9.17) is 4.74 Å². The second-order valence-corrected chi connectivity index (χ2v) is 6.36. The number of hydrogen-bond donors (Lipinski definition) is 1. The molecule has 110 valence electrons. The van der Waals surface area contributed by atoms with Crippen LogP contribution in [0.3, 0.4) is 0 Å². The van der Waals surface area contributed by atoms with Gasteiger partial charge in [0.2, 0.25) is 0 Å². The van der Waals surface area contributed by atoms with Crippen molar-refractivity contribution < 1.29 is 4.74 Å². The third kappa shape index (κ3) is 3.51. The molecule has 0 aromatic carbocycles. The number of rotatable bonds is 5. The van der Waals surface area contributed by atoms with Gasteiger partial charge in [0.05, 0.1) is 12.9 Å². The molecule has 1 atom stereocenters. The molecule has 2 aliphatic heterocycles. The maximum absolute atomic E-state index is 5.57. The quantitative estimate of drug-likeness (QED) is 0.828. The second-order valence-electron chi connectivity index (χ2n) is 6.36. The lowest BCUT2D eigenvalue weighted by Crippen LogP contribution is -2.59. The second kappa shape index (κ2) is 6.76. The molecule has 19 heavy (non-hydrogen) atoms. The number of likely N-dealkylation sites (N-methyl/N-ethyl adjacent to an activating group) is 1. The van der Waals surface area contributed by atoms with Gasteiger partial charge in [-0.3, -0.25) is 4.90 Å². The van der Waals surface area contributed by atoms with Crippen LogP contribution in [0, 0.1) is 0 Å². The first-order chi connectivity index (χ1) is 9.16. The first-order valence-electron chi connectivity index (χ1n) is 7.95. The van der Waals surface area contributed by atoms with Gasteiger partial charge in [-0.15, -0.1) is 0 Å². The van der Waals surface area contributed by atoms with Crippen LogP contribution in [-0.2, 0) is 4.74 Å². The van der Waals surface area contributed by atoms with Crippen molar-refractivity contribution in [3.05, 3.63) is 11.8 Å². The van der Waals surface area contributed by atoms with Crippen LogP contribution < -0.4 is 5.32 Å². The SMILES string of the molecule is CCNC(C1=COCCC1)C(C)(C)N1CCCCC1. The minimum atomic E-state index is 0.170.